The van der Waals surface area contributed by atoms with E-state index in [1.54, 1.807) is 12.1 Å². The van der Waals surface area contributed by atoms with Gasteiger partial charge in [0.15, 0.2) is 0 Å². The number of nitrogens with one attached hydrogen (secondary N) is 2. The summed E-state index contributed by atoms with van der Waals surface area (Å²) in [5, 5.41) is 5.03. The first-order valence-electron chi connectivity index (χ1n) is 8.63. The van der Waals surface area contributed by atoms with E-state index in [4.69, 9.17) is 22.1 Å². The van der Waals surface area contributed by atoms with Crippen LogP contribution in [0.3, 0.4) is 0 Å². The summed E-state index contributed by atoms with van der Waals surface area (Å²) in [6.45, 7) is 0.364. The third kappa shape index (κ3) is 5.30. The summed E-state index contributed by atoms with van der Waals surface area (Å²) in [5.41, 5.74) is 6.09. The number of rotatable bonds is 6. The van der Waals surface area contributed by atoms with Crippen molar-refractivity contribution in [3.05, 3.63) is 45.4 Å². The van der Waals surface area contributed by atoms with Crippen molar-refractivity contribution in [2.75, 3.05) is 36.5 Å². The highest BCUT2D eigenvalue weighted by atomic mass is 35.5. The Morgan fingerprint density at radius 2 is 2.14 bits per heavy atom. The molecule has 2 heterocycles. The molecule has 29 heavy (non-hydrogen) atoms. The van der Waals surface area contributed by atoms with Gasteiger partial charge in [0.2, 0.25) is 5.91 Å². The number of anilines is 2. The molecule has 1 fully saturated rings. The monoisotopic (exact) mass is 440 g/mol. The van der Waals surface area contributed by atoms with Crippen molar-refractivity contribution in [1.29, 1.82) is 0 Å². The van der Waals surface area contributed by atoms with Crippen LogP contribution in [-0.4, -0.2) is 50.1 Å². The summed E-state index contributed by atoms with van der Waals surface area (Å²) in [6, 6.07) is 6.10. The summed E-state index contributed by atoms with van der Waals surface area (Å²) in [5.74, 6) is -1.98. The minimum absolute atomic E-state index is 0.101. The lowest BCUT2D eigenvalue weighted by molar-refractivity contribution is -0.125. The smallest absolute Gasteiger partial charge is 0.261 e. The lowest BCUT2D eigenvalue weighted by Gasteiger charge is -2.27. The molecular formula is C18H18ClFN4O4S. The van der Waals surface area contributed by atoms with Crippen molar-refractivity contribution < 1.29 is 23.5 Å². The second-order valence-corrected chi connectivity index (χ2v) is 7.89. The van der Waals surface area contributed by atoms with E-state index in [0.29, 0.717) is 15.8 Å². The standard InChI is InChI=1S/C18H18ClFN4O4S/c19-15-4-3-14(29-15)18(27)22-8-12(21)17(26)23-10-1-2-13(11(20)7-10)24-5-6-28-9-16(24)25/h1-4,7,12H,5-6,8-9,21H2,(H,22,27)(H,23,26)/t12-/m0/s1. The molecule has 1 atom stereocenters. The number of halogens is 2. The van der Waals surface area contributed by atoms with Gasteiger partial charge in [0.05, 0.1) is 21.5 Å². The number of nitrogens with zero attached hydrogens (tertiary/aromatic N) is 1. The normalized spacial score (nSPS) is 15.1. The van der Waals surface area contributed by atoms with Crippen LogP contribution in [-0.2, 0) is 14.3 Å². The zero-order chi connectivity index (χ0) is 21.0. The molecule has 154 valence electrons. The fraction of sp³-hybridized carbons (Fsp3) is 0.278. The number of nitrogens with two attached hydrogens (primary N) is 1. The van der Waals surface area contributed by atoms with Crippen LogP contribution in [0.15, 0.2) is 30.3 Å². The molecule has 11 heteroatoms. The Balaban J connectivity index is 1.56. The number of thiophene rings is 1. The van der Waals surface area contributed by atoms with E-state index in [-0.39, 0.29) is 37.0 Å². The van der Waals surface area contributed by atoms with Crippen LogP contribution in [0.1, 0.15) is 9.67 Å². The van der Waals surface area contributed by atoms with Crippen LogP contribution in [0.4, 0.5) is 15.8 Å². The van der Waals surface area contributed by atoms with Gasteiger partial charge in [0, 0.05) is 18.8 Å². The van der Waals surface area contributed by atoms with Gasteiger partial charge in [-0.2, -0.15) is 0 Å². The second-order valence-electron chi connectivity index (χ2n) is 6.17. The predicted octanol–water partition coefficient (Wildman–Crippen LogP) is 1.60. The van der Waals surface area contributed by atoms with Crippen molar-refractivity contribution in [1.82, 2.24) is 5.32 Å². The van der Waals surface area contributed by atoms with Gasteiger partial charge in [-0.25, -0.2) is 4.39 Å². The zero-order valence-corrected chi connectivity index (χ0v) is 16.7. The van der Waals surface area contributed by atoms with Crippen LogP contribution in [0.2, 0.25) is 4.34 Å². The van der Waals surface area contributed by atoms with Crippen molar-refractivity contribution in [3.63, 3.8) is 0 Å². The Morgan fingerprint density at radius 3 is 2.79 bits per heavy atom. The lowest BCUT2D eigenvalue weighted by Crippen LogP contribution is -2.45. The first kappa shape index (κ1) is 21.2. The van der Waals surface area contributed by atoms with Gasteiger partial charge >= 0.3 is 0 Å². The zero-order valence-electron chi connectivity index (χ0n) is 15.1. The van der Waals surface area contributed by atoms with Crippen LogP contribution >= 0.6 is 22.9 Å². The Hall–Kier alpha value is -2.53. The van der Waals surface area contributed by atoms with Gasteiger partial charge in [-0.1, -0.05) is 11.6 Å². The van der Waals surface area contributed by atoms with E-state index in [1.165, 1.54) is 17.0 Å². The maximum atomic E-state index is 14.4. The quantitative estimate of drug-likeness (QED) is 0.631. The van der Waals surface area contributed by atoms with Gasteiger partial charge < -0.3 is 26.0 Å². The molecule has 0 unspecified atom stereocenters. The molecule has 0 radical (unpaired) electrons. The van der Waals surface area contributed by atoms with Crippen molar-refractivity contribution in [2.24, 2.45) is 5.73 Å². The molecule has 2 aromatic rings. The lowest BCUT2D eigenvalue weighted by atomic mass is 10.2. The Labute approximate surface area is 174 Å². The van der Waals surface area contributed by atoms with Crippen LogP contribution in [0.25, 0.3) is 0 Å². The van der Waals surface area contributed by atoms with E-state index < -0.39 is 23.7 Å². The van der Waals surface area contributed by atoms with E-state index in [2.05, 4.69) is 10.6 Å². The summed E-state index contributed by atoms with van der Waals surface area (Å²) in [7, 11) is 0. The fourth-order valence-corrected chi connectivity index (χ4v) is 3.59. The summed E-state index contributed by atoms with van der Waals surface area (Å²) in [4.78, 5) is 37.7. The molecule has 1 aliphatic rings. The largest absolute Gasteiger partial charge is 0.370 e. The summed E-state index contributed by atoms with van der Waals surface area (Å²) >= 11 is 6.89. The highest BCUT2D eigenvalue weighted by Crippen LogP contribution is 2.24. The number of morpholine rings is 1. The fourth-order valence-electron chi connectivity index (χ4n) is 2.63. The highest BCUT2D eigenvalue weighted by molar-refractivity contribution is 7.18. The van der Waals surface area contributed by atoms with Crippen LogP contribution < -0.4 is 21.3 Å². The average molecular weight is 441 g/mol. The topological polar surface area (TPSA) is 114 Å². The van der Waals surface area contributed by atoms with E-state index >= 15 is 0 Å². The molecule has 0 saturated carbocycles. The van der Waals surface area contributed by atoms with E-state index in [9.17, 15) is 18.8 Å². The molecule has 0 aliphatic carbocycles. The molecule has 4 N–H and O–H groups in total. The molecule has 8 nitrogen and oxygen atoms in total. The molecule has 0 bridgehead atoms. The van der Waals surface area contributed by atoms with Gasteiger partial charge in [-0.15, -0.1) is 11.3 Å². The summed E-state index contributed by atoms with van der Waals surface area (Å²) < 4.78 is 19.9. The van der Waals surface area contributed by atoms with Crippen LogP contribution in [0.5, 0.6) is 0 Å². The molecular weight excluding hydrogens is 423 g/mol. The van der Waals surface area contributed by atoms with Gasteiger partial charge in [0.1, 0.15) is 18.5 Å². The molecule has 3 amide bonds. The minimum Gasteiger partial charge on any atom is -0.370 e. The van der Waals surface area contributed by atoms with E-state index in [1.807, 2.05) is 0 Å². The maximum absolute atomic E-state index is 14.4. The van der Waals surface area contributed by atoms with Crippen molar-refractivity contribution in [3.8, 4) is 0 Å². The SMILES string of the molecule is N[C@@H](CNC(=O)c1ccc(Cl)s1)C(=O)Nc1ccc(N2CCOCC2=O)c(F)c1. The van der Waals surface area contributed by atoms with Gasteiger partial charge in [-0.05, 0) is 30.3 Å². The molecule has 0 spiro atoms. The third-order valence-corrected chi connectivity index (χ3v) is 5.34. The first-order valence-corrected chi connectivity index (χ1v) is 9.82. The van der Waals surface area contributed by atoms with Crippen molar-refractivity contribution in [2.45, 2.75) is 6.04 Å². The number of benzene rings is 1. The minimum atomic E-state index is -1.04. The van der Waals surface area contributed by atoms with Crippen molar-refractivity contribution >= 4 is 52.0 Å². The Morgan fingerprint density at radius 1 is 1.34 bits per heavy atom. The first-order chi connectivity index (χ1) is 13.8. The maximum Gasteiger partial charge on any atom is 0.261 e. The molecule has 1 aromatic carbocycles. The molecule has 1 aliphatic heterocycles. The molecule has 3 rings (SSSR count). The number of amides is 3. The summed E-state index contributed by atoms with van der Waals surface area (Å²) in [6.07, 6.45) is 0. The Bertz CT molecular complexity index is 938. The number of carbonyl (C=O) groups excluding carboxylic acids is 3. The molecule has 1 aromatic heterocycles. The number of hydrogen-bond donors (Lipinski definition) is 3. The number of hydrogen-bond acceptors (Lipinski definition) is 6. The number of carbonyl (C=O) groups is 3. The Kier molecular flexibility index (Phi) is 6.80. The van der Waals surface area contributed by atoms with Gasteiger partial charge in [-0.3, -0.25) is 14.4 Å². The number of ether oxygens (including phenoxy) is 1. The average Bonchev–Trinajstić information content (AvgIpc) is 3.13. The van der Waals surface area contributed by atoms with Crippen LogP contribution in [0, 0.1) is 5.82 Å². The van der Waals surface area contributed by atoms with Gasteiger partial charge in [0.25, 0.3) is 11.8 Å². The molecule has 1 saturated heterocycles. The third-order valence-electron chi connectivity index (χ3n) is 4.11. The second kappa shape index (κ2) is 9.31. The highest BCUT2D eigenvalue weighted by Gasteiger charge is 2.23. The van der Waals surface area contributed by atoms with E-state index in [0.717, 1.165) is 17.4 Å². The predicted molar refractivity (Wildman–Crippen MR) is 108 cm³/mol.